The highest BCUT2D eigenvalue weighted by Gasteiger charge is 2.28. The van der Waals surface area contributed by atoms with Crippen molar-refractivity contribution in [2.24, 2.45) is 0 Å². The number of hydrogen-bond donors (Lipinski definition) is 0. The minimum atomic E-state index is -4.40. The number of pyridine rings is 1. The van der Waals surface area contributed by atoms with E-state index in [2.05, 4.69) is 20.9 Å². The first-order valence-electron chi connectivity index (χ1n) is 6.61. The molecule has 2 aromatic carbocycles. The van der Waals surface area contributed by atoms with Crippen molar-refractivity contribution >= 4 is 42.6 Å². The van der Waals surface area contributed by atoms with Crippen molar-refractivity contribution in [3.8, 4) is 5.75 Å². The second-order valence-corrected chi connectivity index (χ2v) is 7.17. The maximum atomic E-state index is 12.5. The van der Waals surface area contributed by atoms with Crippen LogP contribution in [0.15, 0.2) is 64.1 Å². The molecule has 0 saturated carbocycles. The zero-order valence-electron chi connectivity index (χ0n) is 11.9. The Labute approximate surface area is 145 Å². The minimum absolute atomic E-state index is 0.00492. The normalized spacial score (nSPS) is 11.4. The zero-order chi connectivity index (χ0) is 17.3. The Hall–Kier alpha value is -2.52. The highest BCUT2D eigenvalue weighted by molar-refractivity contribution is 9.10. The van der Waals surface area contributed by atoms with Gasteiger partial charge in [-0.15, -0.1) is 0 Å². The van der Waals surface area contributed by atoms with Crippen LogP contribution >= 0.6 is 15.9 Å². The Kier molecular flexibility index (Phi) is 4.20. The highest BCUT2D eigenvalue weighted by Crippen LogP contribution is 2.31. The molecule has 7 nitrogen and oxygen atoms in total. The van der Waals surface area contributed by atoms with E-state index in [9.17, 15) is 18.5 Å². The van der Waals surface area contributed by atoms with Crippen LogP contribution in [-0.4, -0.2) is 18.3 Å². The summed E-state index contributed by atoms with van der Waals surface area (Å²) in [5.41, 5.74) is -0.221. The summed E-state index contributed by atoms with van der Waals surface area (Å²) in [6.45, 7) is 0. The predicted octanol–water partition coefficient (Wildman–Crippen LogP) is 3.67. The first-order valence-corrected chi connectivity index (χ1v) is 8.81. The SMILES string of the molecule is O=[N+]([O-])c1cc(Br)ccc1S(=O)(=O)Oc1cccc2cccnc12. The zero-order valence-corrected chi connectivity index (χ0v) is 14.3. The van der Waals surface area contributed by atoms with Crippen LogP contribution in [0.2, 0.25) is 0 Å². The average molecular weight is 409 g/mol. The molecule has 3 rings (SSSR count). The van der Waals surface area contributed by atoms with Gasteiger partial charge >= 0.3 is 10.1 Å². The smallest absolute Gasteiger partial charge is 0.346 e. The van der Waals surface area contributed by atoms with Gasteiger partial charge in [-0.1, -0.05) is 34.1 Å². The number of nitro benzene ring substituents is 1. The molecule has 24 heavy (non-hydrogen) atoms. The van der Waals surface area contributed by atoms with Gasteiger partial charge in [0, 0.05) is 22.1 Å². The lowest BCUT2D eigenvalue weighted by Crippen LogP contribution is -2.12. The Morgan fingerprint density at radius 2 is 1.88 bits per heavy atom. The second-order valence-electron chi connectivity index (χ2n) is 4.74. The van der Waals surface area contributed by atoms with E-state index in [0.717, 1.165) is 12.1 Å². The van der Waals surface area contributed by atoms with Crippen LogP contribution < -0.4 is 4.18 Å². The van der Waals surface area contributed by atoms with Crippen molar-refractivity contribution in [1.82, 2.24) is 4.98 Å². The van der Waals surface area contributed by atoms with Gasteiger partial charge in [0.2, 0.25) is 0 Å². The number of fused-ring (bicyclic) bond motifs is 1. The van der Waals surface area contributed by atoms with Gasteiger partial charge in [-0.05, 0) is 24.3 Å². The van der Waals surface area contributed by atoms with Crippen molar-refractivity contribution in [3.63, 3.8) is 0 Å². The molecule has 0 radical (unpaired) electrons. The van der Waals surface area contributed by atoms with Crippen LogP contribution in [0, 0.1) is 10.1 Å². The molecule has 0 spiro atoms. The van der Waals surface area contributed by atoms with Gasteiger partial charge < -0.3 is 4.18 Å². The summed E-state index contributed by atoms with van der Waals surface area (Å²) in [4.78, 5) is 13.9. The lowest BCUT2D eigenvalue weighted by Gasteiger charge is -2.09. The number of nitrogens with zero attached hydrogens (tertiary/aromatic N) is 2. The molecular formula is C15H9BrN2O5S. The molecule has 0 saturated heterocycles. The molecular weight excluding hydrogens is 400 g/mol. The van der Waals surface area contributed by atoms with Crippen LogP contribution in [0.5, 0.6) is 5.75 Å². The van der Waals surface area contributed by atoms with Gasteiger partial charge in [0.1, 0.15) is 5.52 Å². The molecule has 0 N–H and O–H groups in total. The molecule has 1 aromatic heterocycles. The fourth-order valence-electron chi connectivity index (χ4n) is 2.15. The molecule has 9 heteroatoms. The molecule has 0 fully saturated rings. The Balaban J connectivity index is 2.11. The van der Waals surface area contributed by atoms with E-state index in [1.807, 2.05) is 0 Å². The molecule has 0 aliphatic heterocycles. The van der Waals surface area contributed by atoms with Crippen molar-refractivity contribution in [2.45, 2.75) is 4.90 Å². The van der Waals surface area contributed by atoms with Crippen molar-refractivity contribution in [1.29, 1.82) is 0 Å². The first kappa shape index (κ1) is 16.3. The third kappa shape index (κ3) is 3.08. The second kappa shape index (κ2) is 6.17. The fourth-order valence-corrected chi connectivity index (χ4v) is 3.59. The topological polar surface area (TPSA) is 99.4 Å². The van der Waals surface area contributed by atoms with Crippen molar-refractivity contribution in [2.75, 3.05) is 0 Å². The van der Waals surface area contributed by atoms with E-state index in [1.54, 1.807) is 24.3 Å². The third-order valence-corrected chi connectivity index (χ3v) is 4.96. The van der Waals surface area contributed by atoms with Crippen LogP contribution in [0.25, 0.3) is 10.9 Å². The third-order valence-electron chi connectivity index (χ3n) is 3.18. The quantitative estimate of drug-likeness (QED) is 0.370. The van der Waals surface area contributed by atoms with Gasteiger partial charge in [-0.3, -0.25) is 15.1 Å². The van der Waals surface area contributed by atoms with E-state index >= 15 is 0 Å². The number of aromatic nitrogens is 1. The maximum absolute atomic E-state index is 12.5. The fraction of sp³-hybridized carbons (Fsp3) is 0. The van der Waals surface area contributed by atoms with E-state index in [0.29, 0.717) is 15.4 Å². The molecule has 0 amide bonds. The number of halogens is 1. The number of para-hydroxylation sites is 1. The van der Waals surface area contributed by atoms with E-state index < -0.39 is 25.6 Å². The summed E-state index contributed by atoms with van der Waals surface area (Å²) in [6.07, 6.45) is 1.50. The lowest BCUT2D eigenvalue weighted by molar-refractivity contribution is -0.388. The molecule has 0 aliphatic rings. The molecule has 0 aliphatic carbocycles. The summed E-state index contributed by atoms with van der Waals surface area (Å²) in [6, 6.07) is 11.9. The van der Waals surface area contributed by atoms with Gasteiger partial charge in [-0.2, -0.15) is 8.42 Å². The Bertz CT molecular complexity index is 1050. The monoisotopic (exact) mass is 408 g/mol. The molecule has 0 bridgehead atoms. The summed E-state index contributed by atoms with van der Waals surface area (Å²) >= 11 is 3.08. The number of rotatable bonds is 4. The summed E-state index contributed by atoms with van der Waals surface area (Å²) in [7, 11) is -4.40. The average Bonchev–Trinajstić information content (AvgIpc) is 2.54. The van der Waals surface area contributed by atoms with Gasteiger partial charge in [0.05, 0.1) is 4.92 Å². The highest BCUT2D eigenvalue weighted by atomic mass is 79.9. The van der Waals surface area contributed by atoms with Crippen LogP contribution in [0.1, 0.15) is 0 Å². The summed E-state index contributed by atoms with van der Waals surface area (Å²) < 4.78 is 30.5. The molecule has 1 heterocycles. The summed E-state index contributed by atoms with van der Waals surface area (Å²) in [5.74, 6) is 0.00492. The van der Waals surface area contributed by atoms with Crippen molar-refractivity contribution < 1.29 is 17.5 Å². The van der Waals surface area contributed by atoms with Gasteiger partial charge in [0.15, 0.2) is 10.6 Å². The van der Waals surface area contributed by atoms with Crippen LogP contribution in [-0.2, 0) is 10.1 Å². The first-order chi connectivity index (χ1) is 11.4. The van der Waals surface area contributed by atoms with Crippen LogP contribution in [0.4, 0.5) is 5.69 Å². The lowest BCUT2D eigenvalue weighted by atomic mass is 10.2. The van der Waals surface area contributed by atoms with Crippen molar-refractivity contribution in [3.05, 3.63) is 69.3 Å². The Morgan fingerprint density at radius 1 is 1.12 bits per heavy atom. The standard InChI is InChI=1S/C15H9BrN2O5S/c16-11-6-7-14(12(9-11)18(19)20)24(21,22)23-13-5-1-3-10-4-2-8-17-15(10)13/h1-9H. The number of benzene rings is 2. The van der Waals surface area contributed by atoms with Gasteiger partial charge in [-0.25, -0.2) is 0 Å². The number of nitro groups is 1. The summed E-state index contributed by atoms with van der Waals surface area (Å²) in [5, 5.41) is 11.8. The van der Waals surface area contributed by atoms with E-state index in [4.69, 9.17) is 4.18 Å². The molecule has 0 atom stereocenters. The van der Waals surface area contributed by atoms with Crippen LogP contribution in [0.3, 0.4) is 0 Å². The van der Waals surface area contributed by atoms with Gasteiger partial charge in [0.25, 0.3) is 5.69 Å². The molecule has 3 aromatic rings. The number of hydrogen-bond acceptors (Lipinski definition) is 6. The molecule has 0 unspecified atom stereocenters. The maximum Gasteiger partial charge on any atom is 0.346 e. The minimum Gasteiger partial charge on any atom is -0.376 e. The Morgan fingerprint density at radius 3 is 2.62 bits per heavy atom. The largest absolute Gasteiger partial charge is 0.376 e. The van der Waals surface area contributed by atoms with E-state index in [1.165, 1.54) is 18.3 Å². The molecule has 122 valence electrons. The predicted molar refractivity (Wildman–Crippen MR) is 90.4 cm³/mol. The van der Waals surface area contributed by atoms with E-state index in [-0.39, 0.29) is 5.75 Å².